The average Bonchev–Trinajstić information content (AvgIpc) is 2.60. The summed E-state index contributed by atoms with van der Waals surface area (Å²) in [6.45, 7) is 0.589. The first-order valence-corrected chi connectivity index (χ1v) is 7.39. The second kappa shape index (κ2) is 9.06. The van der Waals surface area contributed by atoms with Crippen molar-refractivity contribution < 1.29 is 9.59 Å². The predicted octanol–water partition coefficient (Wildman–Crippen LogP) is 1.97. The highest BCUT2D eigenvalue weighted by Crippen LogP contribution is 1.97. The van der Waals surface area contributed by atoms with Crippen LogP contribution in [0.1, 0.15) is 22.3 Å². The van der Waals surface area contributed by atoms with Crippen LogP contribution in [0.15, 0.2) is 60.7 Å². The van der Waals surface area contributed by atoms with Gasteiger partial charge in [-0.25, -0.2) is 0 Å². The molecule has 0 saturated carbocycles. The molecule has 0 aliphatic heterocycles. The smallest absolute Gasteiger partial charge is 0.251 e. The van der Waals surface area contributed by atoms with Gasteiger partial charge in [0, 0.05) is 24.1 Å². The number of amides is 2. The molecule has 0 aromatic heterocycles. The maximum absolute atomic E-state index is 11.8. The van der Waals surface area contributed by atoms with Crippen LogP contribution in [0.25, 0.3) is 0 Å². The van der Waals surface area contributed by atoms with Gasteiger partial charge in [0.1, 0.15) is 0 Å². The molecular formula is C19H18N2O2. The van der Waals surface area contributed by atoms with Crippen LogP contribution in [-0.4, -0.2) is 24.9 Å². The summed E-state index contributed by atoms with van der Waals surface area (Å²) < 4.78 is 0. The van der Waals surface area contributed by atoms with Gasteiger partial charge in [0.25, 0.3) is 5.91 Å². The molecule has 0 aliphatic carbocycles. The van der Waals surface area contributed by atoms with Gasteiger partial charge in [-0.15, -0.1) is 0 Å². The van der Waals surface area contributed by atoms with Crippen molar-refractivity contribution in [2.24, 2.45) is 0 Å². The van der Waals surface area contributed by atoms with E-state index in [0.717, 1.165) is 5.56 Å². The quantitative estimate of drug-likeness (QED) is 0.830. The van der Waals surface area contributed by atoms with E-state index in [4.69, 9.17) is 0 Å². The van der Waals surface area contributed by atoms with Crippen LogP contribution in [0.2, 0.25) is 0 Å². The summed E-state index contributed by atoms with van der Waals surface area (Å²) in [6.07, 6.45) is 0.228. The van der Waals surface area contributed by atoms with E-state index in [2.05, 4.69) is 22.5 Å². The molecule has 2 aromatic rings. The monoisotopic (exact) mass is 306 g/mol. The molecule has 0 saturated heterocycles. The molecule has 2 N–H and O–H groups in total. The van der Waals surface area contributed by atoms with Crippen molar-refractivity contribution >= 4 is 11.8 Å². The Morgan fingerprint density at radius 1 is 0.870 bits per heavy atom. The second-order valence-corrected chi connectivity index (χ2v) is 4.82. The summed E-state index contributed by atoms with van der Waals surface area (Å²) >= 11 is 0. The molecule has 4 heteroatoms. The molecule has 0 spiro atoms. The van der Waals surface area contributed by atoms with E-state index >= 15 is 0 Å². The van der Waals surface area contributed by atoms with E-state index in [1.165, 1.54) is 0 Å². The Labute approximate surface area is 135 Å². The topological polar surface area (TPSA) is 58.2 Å². The van der Waals surface area contributed by atoms with Crippen LogP contribution < -0.4 is 10.6 Å². The summed E-state index contributed by atoms with van der Waals surface area (Å²) in [4.78, 5) is 23.4. The van der Waals surface area contributed by atoms with Crippen molar-refractivity contribution in [1.29, 1.82) is 0 Å². The first kappa shape index (κ1) is 16.3. The summed E-state index contributed by atoms with van der Waals surface area (Å²) in [5, 5.41) is 5.41. The first-order chi connectivity index (χ1) is 11.3. The Bertz CT molecular complexity index is 700. The third-order valence-electron chi connectivity index (χ3n) is 3.05. The third kappa shape index (κ3) is 6.06. The van der Waals surface area contributed by atoms with Gasteiger partial charge in [-0.05, 0) is 24.3 Å². The second-order valence-electron chi connectivity index (χ2n) is 4.82. The van der Waals surface area contributed by atoms with Crippen molar-refractivity contribution in [3.8, 4) is 11.8 Å². The molecule has 0 aliphatic rings. The lowest BCUT2D eigenvalue weighted by molar-refractivity contribution is -0.120. The number of rotatable bonds is 5. The Balaban J connectivity index is 1.64. The van der Waals surface area contributed by atoms with Gasteiger partial charge in [-0.3, -0.25) is 9.59 Å². The summed E-state index contributed by atoms with van der Waals surface area (Å²) in [6, 6.07) is 18.5. The van der Waals surface area contributed by atoms with Gasteiger partial charge in [-0.2, -0.15) is 0 Å². The molecule has 2 amide bonds. The number of carbonyl (C=O) groups is 2. The number of benzene rings is 2. The van der Waals surface area contributed by atoms with Crippen molar-refractivity contribution in [3.63, 3.8) is 0 Å². The zero-order valence-electron chi connectivity index (χ0n) is 12.7. The first-order valence-electron chi connectivity index (χ1n) is 7.39. The zero-order chi connectivity index (χ0) is 16.3. The van der Waals surface area contributed by atoms with Gasteiger partial charge in [-0.1, -0.05) is 48.2 Å². The maximum atomic E-state index is 11.8. The molecule has 23 heavy (non-hydrogen) atoms. The molecule has 0 bridgehead atoms. The Hall–Kier alpha value is -3.06. The van der Waals surface area contributed by atoms with Crippen LogP contribution in [-0.2, 0) is 4.79 Å². The number of carbonyl (C=O) groups excluding carboxylic acids is 2. The Morgan fingerprint density at radius 3 is 2.22 bits per heavy atom. The molecule has 116 valence electrons. The van der Waals surface area contributed by atoms with Crippen molar-refractivity contribution in [2.45, 2.75) is 6.42 Å². The fourth-order valence-corrected chi connectivity index (χ4v) is 1.88. The molecule has 0 radical (unpaired) electrons. The number of hydrogen-bond acceptors (Lipinski definition) is 2. The van der Waals surface area contributed by atoms with Crippen LogP contribution >= 0.6 is 0 Å². The molecule has 0 atom stereocenters. The predicted molar refractivity (Wildman–Crippen MR) is 89.7 cm³/mol. The normalized spacial score (nSPS) is 9.39. The standard InChI is InChI=1S/C19H18N2O2/c22-18(20-14-7-10-16-8-3-1-4-9-16)13-15-21-19(23)17-11-5-2-6-12-17/h1-6,8-9,11-12H,13-15H2,(H,20,22)(H,21,23). The Morgan fingerprint density at radius 2 is 1.52 bits per heavy atom. The number of hydrogen-bond donors (Lipinski definition) is 2. The van der Waals surface area contributed by atoms with Gasteiger partial charge in [0.2, 0.25) is 5.91 Å². The average molecular weight is 306 g/mol. The minimum absolute atomic E-state index is 0.138. The van der Waals surface area contributed by atoms with Crippen LogP contribution in [0, 0.1) is 11.8 Å². The third-order valence-corrected chi connectivity index (χ3v) is 3.05. The SMILES string of the molecule is O=C(CCNC(=O)c1ccccc1)NCC#Cc1ccccc1. The summed E-state index contributed by atoms with van der Waals surface area (Å²) in [5.41, 5.74) is 1.50. The summed E-state index contributed by atoms with van der Waals surface area (Å²) in [7, 11) is 0. The van der Waals surface area contributed by atoms with E-state index in [0.29, 0.717) is 18.7 Å². The number of nitrogens with one attached hydrogen (secondary N) is 2. The Kier molecular flexibility index (Phi) is 6.43. The molecular weight excluding hydrogens is 288 g/mol. The zero-order valence-corrected chi connectivity index (χ0v) is 12.7. The van der Waals surface area contributed by atoms with E-state index < -0.39 is 0 Å². The van der Waals surface area contributed by atoms with Crippen molar-refractivity contribution in [1.82, 2.24) is 10.6 Å². The molecule has 2 rings (SSSR count). The van der Waals surface area contributed by atoms with E-state index in [1.807, 2.05) is 36.4 Å². The summed E-state index contributed by atoms with van der Waals surface area (Å²) in [5.74, 6) is 5.53. The van der Waals surface area contributed by atoms with Gasteiger partial charge in [0.15, 0.2) is 0 Å². The molecule has 0 unspecified atom stereocenters. The molecule has 4 nitrogen and oxygen atoms in total. The van der Waals surface area contributed by atoms with E-state index in [9.17, 15) is 9.59 Å². The lowest BCUT2D eigenvalue weighted by Gasteiger charge is -2.05. The highest BCUT2D eigenvalue weighted by molar-refractivity contribution is 5.94. The minimum Gasteiger partial charge on any atom is -0.352 e. The lowest BCUT2D eigenvalue weighted by atomic mass is 10.2. The minimum atomic E-state index is -0.178. The van der Waals surface area contributed by atoms with Crippen LogP contribution in [0.5, 0.6) is 0 Å². The van der Waals surface area contributed by atoms with Gasteiger partial charge >= 0.3 is 0 Å². The van der Waals surface area contributed by atoms with Crippen LogP contribution in [0.4, 0.5) is 0 Å². The largest absolute Gasteiger partial charge is 0.352 e. The van der Waals surface area contributed by atoms with Crippen LogP contribution in [0.3, 0.4) is 0 Å². The fraction of sp³-hybridized carbons (Fsp3) is 0.158. The van der Waals surface area contributed by atoms with Crippen molar-refractivity contribution in [2.75, 3.05) is 13.1 Å². The van der Waals surface area contributed by atoms with Gasteiger partial charge < -0.3 is 10.6 Å². The van der Waals surface area contributed by atoms with E-state index in [1.54, 1.807) is 24.3 Å². The molecule has 0 heterocycles. The highest BCUT2D eigenvalue weighted by Gasteiger charge is 2.05. The lowest BCUT2D eigenvalue weighted by Crippen LogP contribution is -2.30. The molecule has 2 aromatic carbocycles. The highest BCUT2D eigenvalue weighted by atomic mass is 16.2. The maximum Gasteiger partial charge on any atom is 0.251 e. The fourth-order valence-electron chi connectivity index (χ4n) is 1.88. The van der Waals surface area contributed by atoms with Gasteiger partial charge in [0.05, 0.1) is 6.54 Å². The molecule has 0 fully saturated rings. The van der Waals surface area contributed by atoms with E-state index in [-0.39, 0.29) is 18.2 Å². The van der Waals surface area contributed by atoms with Crippen molar-refractivity contribution in [3.05, 3.63) is 71.8 Å².